The number of hydrogen-bond acceptors (Lipinski definition) is 5. The number of hydrogen-bond donors (Lipinski definition) is 0. The predicted octanol–water partition coefficient (Wildman–Crippen LogP) is 2.64. The van der Waals surface area contributed by atoms with Gasteiger partial charge in [0.2, 0.25) is 0 Å². The standard InChI is InChI=1S/C16H11NO4/c1-20-16(19)10-5-6-14-11(8-10)13(18)9-15(21-14)12-4-2-3-7-17-12/h2-9H,1H3. The lowest BCUT2D eigenvalue weighted by molar-refractivity contribution is 0.0601. The van der Waals surface area contributed by atoms with Crippen molar-refractivity contribution < 1.29 is 13.9 Å². The number of methoxy groups -OCH3 is 1. The van der Waals surface area contributed by atoms with E-state index < -0.39 is 5.97 Å². The van der Waals surface area contributed by atoms with E-state index >= 15 is 0 Å². The number of pyridine rings is 1. The second-order valence-electron chi connectivity index (χ2n) is 4.39. The van der Waals surface area contributed by atoms with E-state index in [0.717, 1.165) is 0 Å². The number of aromatic nitrogens is 1. The highest BCUT2D eigenvalue weighted by atomic mass is 16.5. The summed E-state index contributed by atoms with van der Waals surface area (Å²) in [4.78, 5) is 27.8. The van der Waals surface area contributed by atoms with Crippen LogP contribution in [0.15, 0.2) is 57.9 Å². The third-order valence-electron chi connectivity index (χ3n) is 3.07. The van der Waals surface area contributed by atoms with Gasteiger partial charge in [0.25, 0.3) is 0 Å². The summed E-state index contributed by atoms with van der Waals surface area (Å²) < 4.78 is 10.3. The fraction of sp³-hybridized carbons (Fsp3) is 0.0625. The maximum absolute atomic E-state index is 12.2. The molecule has 0 atom stereocenters. The van der Waals surface area contributed by atoms with Gasteiger partial charge in [0, 0.05) is 12.3 Å². The molecule has 3 rings (SSSR count). The molecule has 104 valence electrons. The smallest absolute Gasteiger partial charge is 0.337 e. The molecule has 0 aliphatic heterocycles. The van der Waals surface area contributed by atoms with Crippen LogP contribution in [0.3, 0.4) is 0 Å². The van der Waals surface area contributed by atoms with E-state index in [1.807, 2.05) is 6.07 Å². The zero-order valence-corrected chi connectivity index (χ0v) is 11.2. The molecule has 0 radical (unpaired) electrons. The molecule has 2 heterocycles. The van der Waals surface area contributed by atoms with Crippen LogP contribution in [0.2, 0.25) is 0 Å². The monoisotopic (exact) mass is 281 g/mol. The van der Waals surface area contributed by atoms with Crippen molar-refractivity contribution in [1.29, 1.82) is 0 Å². The first-order valence-electron chi connectivity index (χ1n) is 6.26. The van der Waals surface area contributed by atoms with Gasteiger partial charge in [-0.05, 0) is 30.3 Å². The average molecular weight is 281 g/mol. The molecular weight excluding hydrogens is 270 g/mol. The van der Waals surface area contributed by atoms with Gasteiger partial charge < -0.3 is 9.15 Å². The van der Waals surface area contributed by atoms with Crippen LogP contribution in [-0.2, 0) is 4.74 Å². The Kier molecular flexibility index (Phi) is 3.23. The highest BCUT2D eigenvalue weighted by molar-refractivity contribution is 5.94. The summed E-state index contributed by atoms with van der Waals surface area (Å²) in [5.41, 5.74) is 1.05. The lowest BCUT2D eigenvalue weighted by atomic mass is 10.1. The number of rotatable bonds is 2. The summed E-state index contributed by atoms with van der Waals surface area (Å²) in [6, 6.07) is 11.3. The fourth-order valence-corrected chi connectivity index (χ4v) is 2.04. The van der Waals surface area contributed by atoms with Crippen LogP contribution in [0.5, 0.6) is 0 Å². The molecule has 0 amide bonds. The summed E-state index contributed by atoms with van der Waals surface area (Å²) >= 11 is 0. The molecule has 5 heteroatoms. The van der Waals surface area contributed by atoms with E-state index in [-0.39, 0.29) is 5.43 Å². The molecule has 0 saturated heterocycles. The van der Waals surface area contributed by atoms with Crippen molar-refractivity contribution in [2.75, 3.05) is 7.11 Å². The van der Waals surface area contributed by atoms with Crippen LogP contribution in [0.1, 0.15) is 10.4 Å². The quantitative estimate of drug-likeness (QED) is 0.675. The second kappa shape index (κ2) is 5.20. The lowest BCUT2D eigenvalue weighted by Crippen LogP contribution is -2.05. The van der Waals surface area contributed by atoms with Crippen molar-refractivity contribution in [3.63, 3.8) is 0 Å². The van der Waals surface area contributed by atoms with E-state index in [1.54, 1.807) is 30.5 Å². The Morgan fingerprint density at radius 2 is 2.05 bits per heavy atom. The van der Waals surface area contributed by atoms with Gasteiger partial charge in [-0.1, -0.05) is 6.07 Å². The van der Waals surface area contributed by atoms with Crippen molar-refractivity contribution in [2.24, 2.45) is 0 Å². The Morgan fingerprint density at radius 3 is 2.76 bits per heavy atom. The topological polar surface area (TPSA) is 69.4 Å². The van der Waals surface area contributed by atoms with Crippen molar-refractivity contribution in [1.82, 2.24) is 4.98 Å². The van der Waals surface area contributed by atoms with Gasteiger partial charge >= 0.3 is 5.97 Å². The molecule has 0 spiro atoms. The Balaban J connectivity index is 2.18. The summed E-state index contributed by atoms with van der Waals surface area (Å²) in [6.07, 6.45) is 1.62. The fourth-order valence-electron chi connectivity index (χ4n) is 2.04. The molecular formula is C16H11NO4. The van der Waals surface area contributed by atoms with Gasteiger partial charge in [-0.15, -0.1) is 0 Å². The predicted molar refractivity (Wildman–Crippen MR) is 77.1 cm³/mol. The lowest BCUT2D eigenvalue weighted by Gasteiger charge is -2.04. The van der Waals surface area contributed by atoms with Crippen LogP contribution < -0.4 is 5.43 Å². The molecule has 0 bridgehead atoms. The normalized spacial score (nSPS) is 10.5. The van der Waals surface area contributed by atoms with Crippen LogP contribution in [0, 0.1) is 0 Å². The van der Waals surface area contributed by atoms with E-state index in [1.165, 1.54) is 19.2 Å². The maximum Gasteiger partial charge on any atom is 0.337 e. The summed E-state index contributed by atoms with van der Waals surface area (Å²) in [5.74, 6) is -0.107. The molecule has 0 saturated carbocycles. The number of fused-ring (bicyclic) bond motifs is 1. The van der Waals surface area contributed by atoms with E-state index in [2.05, 4.69) is 9.72 Å². The summed E-state index contributed by atoms with van der Waals surface area (Å²) in [6.45, 7) is 0. The third kappa shape index (κ3) is 2.41. The molecule has 3 aromatic rings. The van der Waals surface area contributed by atoms with Crippen molar-refractivity contribution >= 4 is 16.9 Å². The van der Waals surface area contributed by atoms with Crippen LogP contribution in [-0.4, -0.2) is 18.1 Å². The number of ether oxygens (including phenoxy) is 1. The van der Waals surface area contributed by atoms with Crippen molar-refractivity contribution in [3.8, 4) is 11.5 Å². The Labute approximate surface area is 119 Å². The zero-order valence-electron chi connectivity index (χ0n) is 11.2. The van der Waals surface area contributed by atoms with Crippen molar-refractivity contribution in [2.45, 2.75) is 0 Å². The summed E-state index contributed by atoms with van der Waals surface area (Å²) in [5, 5.41) is 0.331. The molecule has 0 aliphatic rings. The first-order chi connectivity index (χ1) is 10.2. The minimum Gasteiger partial charge on any atom is -0.465 e. The molecule has 2 aromatic heterocycles. The molecule has 0 fully saturated rings. The van der Waals surface area contributed by atoms with E-state index in [0.29, 0.717) is 28.0 Å². The van der Waals surface area contributed by atoms with Gasteiger partial charge in [-0.25, -0.2) is 4.79 Å². The highest BCUT2D eigenvalue weighted by Gasteiger charge is 2.11. The van der Waals surface area contributed by atoms with Gasteiger partial charge in [0.15, 0.2) is 11.2 Å². The van der Waals surface area contributed by atoms with Crippen LogP contribution >= 0.6 is 0 Å². The van der Waals surface area contributed by atoms with Gasteiger partial charge in [-0.3, -0.25) is 9.78 Å². The SMILES string of the molecule is COC(=O)c1ccc2oc(-c3ccccn3)cc(=O)c2c1. The number of esters is 1. The average Bonchev–Trinajstić information content (AvgIpc) is 2.54. The highest BCUT2D eigenvalue weighted by Crippen LogP contribution is 2.21. The number of benzene rings is 1. The third-order valence-corrected chi connectivity index (χ3v) is 3.07. The van der Waals surface area contributed by atoms with Gasteiger partial charge in [0.05, 0.1) is 18.1 Å². The largest absolute Gasteiger partial charge is 0.465 e. The number of carbonyl (C=O) groups is 1. The minimum atomic E-state index is -0.495. The van der Waals surface area contributed by atoms with Crippen LogP contribution in [0.25, 0.3) is 22.4 Å². The minimum absolute atomic E-state index is 0.234. The second-order valence-corrected chi connectivity index (χ2v) is 4.39. The summed E-state index contributed by atoms with van der Waals surface area (Å²) in [7, 11) is 1.29. The first-order valence-corrected chi connectivity index (χ1v) is 6.26. The van der Waals surface area contributed by atoms with Crippen molar-refractivity contribution in [3.05, 3.63) is 64.4 Å². The molecule has 0 aliphatic carbocycles. The number of nitrogens with zero attached hydrogens (tertiary/aromatic N) is 1. The molecule has 21 heavy (non-hydrogen) atoms. The first kappa shape index (κ1) is 13.1. The molecule has 5 nitrogen and oxygen atoms in total. The molecule has 0 N–H and O–H groups in total. The van der Waals surface area contributed by atoms with Gasteiger partial charge in [0.1, 0.15) is 11.3 Å². The zero-order chi connectivity index (χ0) is 14.8. The maximum atomic E-state index is 12.2. The molecule has 1 aromatic carbocycles. The van der Waals surface area contributed by atoms with Crippen LogP contribution in [0.4, 0.5) is 0 Å². The van der Waals surface area contributed by atoms with Gasteiger partial charge in [-0.2, -0.15) is 0 Å². The Bertz CT molecular complexity index is 868. The number of carbonyl (C=O) groups excluding carboxylic acids is 1. The van der Waals surface area contributed by atoms with E-state index in [4.69, 9.17) is 4.42 Å². The molecule has 0 unspecified atom stereocenters. The van der Waals surface area contributed by atoms with E-state index in [9.17, 15) is 9.59 Å². The Morgan fingerprint density at radius 1 is 1.19 bits per heavy atom. The Hall–Kier alpha value is -2.95.